The van der Waals surface area contributed by atoms with Gasteiger partial charge >= 0.3 is 0 Å². The molecular formula is C21H17N3OS2. The molecule has 0 fully saturated rings. The van der Waals surface area contributed by atoms with E-state index in [0.29, 0.717) is 0 Å². The zero-order valence-electron chi connectivity index (χ0n) is 14.9. The minimum atomic E-state index is 0.153. The fraction of sp³-hybridized carbons (Fsp3) is 0.143. The number of aromatic nitrogens is 2. The molecule has 2 aromatic carbocycles. The summed E-state index contributed by atoms with van der Waals surface area (Å²) in [5.74, 6) is 0.932. The number of hydrogen-bond acceptors (Lipinski definition) is 6. The number of rotatable bonds is 4. The molecule has 5 aromatic rings. The van der Waals surface area contributed by atoms with E-state index in [9.17, 15) is 0 Å². The Hall–Kier alpha value is -2.70. The summed E-state index contributed by atoms with van der Waals surface area (Å²) in [7, 11) is 0. The Balaban J connectivity index is 1.59. The lowest BCUT2D eigenvalue weighted by Crippen LogP contribution is -2.04. The second-order valence-corrected chi connectivity index (χ2v) is 8.45. The summed E-state index contributed by atoms with van der Waals surface area (Å²) < 4.78 is 8.33. The van der Waals surface area contributed by atoms with Crippen molar-refractivity contribution in [1.29, 1.82) is 0 Å². The van der Waals surface area contributed by atoms with E-state index < -0.39 is 0 Å². The van der Waals surface area contributed by atoms with Crippen molar-refractivity contribution in [2.75, 3.05) is 5.32 Å². The molecule has 4 nitrogen and oxygen atoms in total. The van der Waals surface area contributed by atoms with Gasteiger partial charge in [-0.25, -0.2) is 4.98 Å². The van der Waals surface area contributed by atoms with Gasteiger partial charge in [-0.05, 0) is 50.2 Å². The summed E-state index contributed by atoms with van der Waals surface area (Å²) in [5.41, 5.74) is 5.90. The van der Waals surface area contributed by atoms with Gasteiger partial charge in [0.05, 0.1) is 27.3 Å². The van der Waals surface area contributed by atoms with Crippen LogP contribution in [0.4, 0.5) is 11.4 Å². The standard InChI is InChI=1S/C21H17N3OS2/c1-12(2)25-19-10-26-21-9-14-16(5-6-22-17(14)8-15(19)21)24-13-3-4-20-18(7-13)23-11-27-20/h3-12H,1-2H3,(H,22,24). The van der Waals surface area contributed by atoms with Crippen LogP contribution >= 0.6 is 22.7 Å². The van der Waals surface area contributed by atoms with Crippen LogP contribution in [0.2, 0.25) is 0 Å². The molecule has 134 valence electrons. The molecule has 0 unspecified atom stereocenters. The average Bonchev–Trinajstić information content (AvgIpc) is 3.27. The molecule has 1 N–H and O–H groups in total. The zero-order chi connectivity index (χ0) is 18.4. The Morgan fingerprint density at radius 3 is 2.74 bits per heavy atom. The molecule has 0 saturated carbocycles. The van der Waals surface area contributed by atoms with Gasteiger partial charge < -0.3 is 10.1 Å². The molecule has 6 heteroatoms. The summed E-state index contributed by atoms with van der Waals surface area (Å²) in [5, 5.41) is 7.83. The van der Waals surface area contributed by atoms with Crippen LogP contribution in [0.25, 0.3) is 31.2 Å². The van der Waals surface area contributed by atoms with E-state index in [1.165, 1.54) is 9.40 Å². The van der Waals surface area contributed by atoms with Crippen LogP contribution in [0.15, 0.2) is 53.5 Å². The summed E-state index contributed by atoms with van der Waals surface area (Å²) in [6.45, 7) is 4.09. The molecule has 0 saturated heterocycles. The molecule has 0 aliphatic carbocycles. The molecule has 0 spiro atoms. The monoisotopic (exact) mass is 391 g/mol. The van der Waals surface area contributed by atoms with Crippen molar-refractivity contribution in [3.05, 3.63) is 53.5 Å². The van der Waals surface area contributed by atoms with Gasteiger partial charge in [-0.15, -0.1) is 22.7 Å². The van der Waals surface area contributed by atoms with Crippen LogP contribution in [0.1, 0.15) is 13.8 Å². The molecule has 0 radical (unpaired) electrons. The molecule has 0 bridgehead atoms. The number of pyridine rings is 1. The second kappa shape index (κ2) is 6.48. The quantitative estimate of drug-likeness (QED) is 0.375. The van der Waals surface area contributed by atoms with Crippen molar-refractivity contribution < 1.29 is 4.74 Å². The van der Waals surface area contributed by atoms with E-state index in [1.54, 1.807) is 22.7 Å². The van der Waals surface area contributed by atoms with E-state index in [0.717, 1.165) is 38.9 Å². The normalized spacial score (nSPS) is 11.7. The number of anilines is 2. The maximum absolute atomic E-state index is 5.94. The van der Waals surface area contributed by atoms with Crippen LogP contribution in [-0.2, 0) is 0 Å². The second-order valence-electron chi connectivity index (χ2n) is 6.65. The number of nitrogens with one attached hydrogen (secondary N) is 1. The fourth-order valence-electron chi connectivity index (χ4n) is 3.19. The minimum Gasteiger partial charge on any atom is -0.489 e. The van der Waals surface area contributed by atoms with Gasteiger partial charge in [-0.2, -0.15) is 0 Å². The lowest BCUT2D eigenvalue weighted by Gasteiger charge is -2.11. The smallest absolute Gasteiger partial charge is 0.138 e. The van der Waals surface area contributed by atoms with Crippen LogP contribution in [-0.4, -0.2) is 16.1 Å². The van der Waals surface area contributed by atoms with E-state index in [1.807, 2.05) is 31.6 Å². The van der Waals surface area contributed by atoms with Crippen molar-refractivity contribution in [2.45, 2.75) is 20.0 Å². The largest absolute Gasteiger partial charge is 0.489 e. The fourth-order valence-corrected chi connectivity index (χ4v) is 4.74. The highest BCUT2D eigenvalue weighted by Crippen LogP contribution is 2.37. The van der Waals surface area contributed by atoms with Gasteiger partial charge in [0, 0.05) is 38.4 Å². The third kappa shape index (κ3) is 3.01. The molecular weight excluding hydrogens is 374 g/mol. The first-order valence-corrected chi connectivity index (χ1v) is 10.5. The van der Waals surface area contributed by atoms with Gasteiger partial charge in [0.25, 0.3) is 0 Å². The minimum absolute atomic E-state index is 0.153. The van der Waals surface area contributed by atoms with Gasteiger partial charge in [0.2, 0.25) is 0 Å². The maximum Gasteiger partial charge on any atom is 0.138 e. The number of thiazole rings is 1. The van der Waals surface area contributed by atoms with Crippen LogP contribution in [0.3, 0.4) is 0 Å². The third-order valence-corrected chi connectivity index (χ3v) is 6.11. The molecule has 3 heterocycles. The first-order valence-electron chi connectivity index (χ1n) is 8.74. The van der Waals surface area contributed by atoms with Gasteiger partial charge in [0.1, 0.15) is 5.75 Å². The number of fused-ring (bicyclic) bond motifs is 3. The zero-order valence-corrected chi connectivity index (χ0v) is 16.5. The number of thiophene rings is 1. The van der Waals surface area contributed by atoms with Crippen LogP contribution < -0.4 is 10.1 Å². The van der Waals surface area contributed by atoms with E-state index in [-0.39, 0.29) is 6.10 Å². The van der Waals surface area contributed by atoms with Crippen molar-refractivity contribution >= 4 is 65.3 Å². The summed E-state index contributed by atoms with van der Waals surface area (Å²) in [6.07, 6.45) is 1.99. The predicted molar refractivity (Wildman–Crippen MR) is 116 cm³/mol. The molecule has 0 atom stereocenters. The maximum atomic E-state index is 5.94. The molecule has 0 aliphatic heterocycles. The topological polar surface area (TPSA) is 47.0 Å². The Kier molecular flexibility index (Phi) is 3.95. The Labute approximate surface area is 164 Å². The van der Waals surface area contributed by atoms with Gasteiger partial charge in [-0.1, -0.05) is 0 Å². The SMILES string of the molecule is CC(C)Oc1csc2cc3c(Nc4ccc5scnc5c4)ccnc3cc12. The summed E-state index contributed by atoms with van der Waals surface area (Å²) >= 11 is 3.35. The highest BCUT2D eigenvalue weighted by atomic mass is 32.1. The molecule has 27 heavy (non-hydrogen) atoms. The number of ether oxygens (including phenoxy) is 1. The van der Waals surface area contributed by atoms with E-state index >= 15 is 0 Å². The first kappa shape index (κ1) is 16.5. The third-order valence-electron chi connectivity index (χ3n) is 4.37. The highest BCUT2D eigenvalue weighted by Gasteiger charge is 2.11. The van der Waals surface area contributed by atoms with Crippen molar-refractivity contribution in [2.24, 2.45) is 0 Å². The van der Waals surface area contributed by atoms with Crippen molar-refractivity contribution in [3.63, 3.8) is 0 Å². The molecule has 0 amide bonds. The lowest BCUT2D eigenvalue weighted by molar-refractivity contribution is 0.246. The predicted octanol–water partition coefficient (Wildman–Crippen LogP) is 6.59. The lowest BCUT2D eigenvalue weighted by atomic mass is 10.1. The average molecular weight is 392 g/mol. The summed E-state index contributed by atoms with van der Waals surface area (Å²) in [4.78, 5) is 8.98. The Morgan fingerprint density at radius 1 is 0.926 bits per heavy atom. The van der Waals surface area contributed by atoms with Gasteiger partial charge in [-0.3, -0.25) is 4.98 Å². The van der Waals surface area contributed by atoms with E-state index in [4.69, 9.17) is 4.74 Å². The Morgan fingerprint density at radius 2 is 1.85 bits per heavy atom. The molecule has 3 aromatic heterocycles. The molecule has 0 aliphatic rings. The van der Waals surface area contributed by atoms with Crippen LogP contribution in [0.5, 0.6) is 5.75 Å². The Bertz CT molecular complexity index is 1270. The van der Waals surface area contributed by atoms with Crippen molar-refractivity contribution in [1.82, 2.24) is 9.97 Å². The van der Waals surface area contributed by atoms with Gasteiger partial charge in [0.15, 0.2) is 0 Å². The number of nitrogens with zero attached hydrogens (tertiary/aromatic N) is 2. The number of benzene rings is 2. The molecule has 5 rings (SSSR count). The first-order chi connectivity index (χ1) is 13.2. The van der Waals surface area contributed by atoms with E-state index in [2.05, 4.69) is 51.0 Å². The van der Waals surface area contributed by atoms with Crippen molar-refractivity contribution in [3.8, 4) is 5.75 Å². The number of hydrogen-bond donors (Lipinski definition) is 1. The summed E-state index contributed by atoms with van der Waals surface area (Å²) in [6, 6.07) is 12.6. The van der Waals surface area contributed by atoms with Crippen LogP contribution in [0, 0.1) is 0 Å². The highest BCUT2D eigenvalue weighted by molar-refractivity contribution is 7.17.